The molecule has 1 amide bonds. The number of primary sulfonamides is 1. The third kappa shape index (κ3) is 3.00. The number of carbonyl (C=O) groups is 1. The standard InChI is InChI=1S/C14H17BrN2O3S/c15-12-4-3-10(21(16,19)20)7-11(12)14(18)17-13-6-8-1-2-9(13)5-8/h3-4,7-9,13H,1-2,5-6H2,(H,17,18)(H2,16,19,20). The lowest BCUT2D eigenvalue weighted by atomic mass is 9.95. The lowest BCUT2D eigenvalue weighted by Crippen LogP contribution is -2.38. The van der Waals surface area contributed by atoms with Crippen molar-refractivity contribution in [3.8, 4) is 0 Å². The van der Waals surface area contributed by atoms with Crippen molar-refractivity contribution in [3.05, 3.63) is 28.2 Å². The van der Waals surface area contributed by atoms with E-state index >= 15 is 0 Å². The Morgan fingerprint density at radius 2 is 2.05 bits per heavy atom. The Kier molecular flexibility index (Phi) is 3.83. The molecule has 0 saturated heterocycles. The van der Waals surface area contributed by atoms with Crippen molar-refractivity contribution in [3.63, 3.8) is 0 Å². The predicted molar refractivity (Wildman–Crippen MR) is 82.2 cm³/mol. The lowest BCUT2D eigenvalue weighted by molar-refractivity contribution is 0.0922. The molecule has 0 radical (unpaired) electrons. The zero-order valence-corrected chi connectivity index (χ0v) is 13.8. The number of nitrogens with one attached hydrogen (secondary N) is 1. The van der Waals surface area contributed by atoms with Crippen molar-refractivity contribution in [2.24, 2.45) is 17.0 Å². The molecule has 3 rings (SSSR count). The zero-order chi connectivity index (χ0) is 15.2. The highest BCUT2D eigenvalue weighted by Gasteiger charge is 2.40. The SMILES string of the molecule is NS(=O)(=O)c1ccc(Br)c(C(=O)NC2CC3CCC2C3)c1. The summed E-state index contributed by atoms with van der Waals surface area (Å²) in [4.78, 5) is 12.3. The summed E-state index contributed by atoms with van der Waals surface area (Å²) in [5.74, 6) is 1.06. The summed E-state index contributed by atoms with van der Waals surface area (Å²) in [5, 5.41) is 8.16. The van der Waals surface area contributed by atoms with Gasteiger partial charge in [0, 0.05) is 10.5 Å². The Labute approximate surface area is 132 Å². The average molecular weight is 373 g/mol. The summed E-state index contributed by atoms with van der Waals surface area (Å²) in [6.07, 6.45) is 4.67. The Hall–Kier alpha value is -0.920. The molecule has 0 heterocycles. The molecule has 0 aromatic heterocycles. The van der Waals surface area contributed by atoms with E-state index in [9.17, 15) is 13.2 Å². The summed E-state index contributed by atoms with van der Waals surface area (Å²) in [6, 6.07) is 4.45. The van der Waals surface area contributed by atoms with Crippen LogP contribution in [0.1, 0.15) is 36.0 Å². The van der Waals surface area contributed by atoms with E-state index in [2.05, 4.69) is 21.2 Å². The molecule has 114 valence electrons. The minimum Gasteiger partial charge on any atom is -0.349 e. The van der Waals surface area contributed by atoms with Crippen LogP contribution in [0.4, 0.5) is 0 Å². The molecule has 2 fully saturated rings. The number of rotatable bonds is 3. The molecule has 1 aromatic rings. The number of fused-ring (bicyclic) bond motifs is 2. The highest BCUT2D eigenvalue weighted by Crippen LogP contribution is 2.44. The molecular weight excluding hydrogens is 356 g/mol. The van der Waals surface area contributed by atoms with Gasteiger partial charge in [-0.05, 0) is 65.2 Å². The second-order valence-corrected chi connectivity index (χ2v) is 8.36. The van der Waals surface area contributed by atoms with Gasteiger partial charge in [-0.2, -0.15) is 0 Å². The Balaban J connectivity index is 1.81. The average Bonchev–Trinajstić information content (AvgIpc) is 2.99. The summed E-state index contributed by atoms with van der Waals surface area (Å²) < 4.78 is 23.4. The quantitative estimate of drug-likeness (QED) is 0.850. The monoisotopic (exact) mass is 372 g/mol. The van der Waals surface area contributed by atoms with E-state index < -0.39 is 10.0 Å². The van der Waals surface area contributed by atoms with Crippen LogP contribution < -0.4 is 10.5 Å². The van der Waals surface area contributed by atoms with Crippen molar-refractivity contribution < 1.29 is 13.2 Å². The van der Waals surface area contributed by atoms with Crippen LogP contribution in [-0.2, 0) is 10.0 Å². The second kappa shape index (κ2) is 5.37. The van der Waals surface area contributed by atoms with E-state index in [0.29, 0.717) is 16.0 Å². The van der Waals surface area contributed by atoms with Gasteiger partial charge in [0.25, 0.3) is 5.91 Å². The molecule has 3 atom stereocenters. The highest BCUT2D eigenvalue weighted by atomic mass is 79.9. The van der Waals surface area contributed by atoms with Gasteiger partial charge in [-0.1, -0.05) is 6.42 Å². The molecule has 21 heavy (non-hydrogen) atoms. The van der Waals surface area contributed by atoms with E-state index in [4.69, 9.17) is 5.14 Å². The molecule has 2 aliphatic rings. The van der Waals surface area contributed by atoms with Crippen LogP contribution in [-0.4, -0.2) is 20.4 Å². The number of benzene rings is 1. The molecule has 7 heteroatoms. The van der Waals surface area contributed by atoms with Gasteiger partial charge in [-0.25, -0.2) is 13.6 Å². The van der Waals surface area contributed by atoms with Crippen molar-refractivity contribution in [2.75, 3.05) is 0 Å². The first-order chi connectivity index (χ1) is 9.84. The van der Waals surface area contributed by atoms with Gasteiger partial charge < -0.3 is 5.32 Å². The van der Waals surface area contributed by atoms with E-state index in [0.717, 1.165) is 12.3 Å². The molecule has 1 aromatic carbocycles. The number of carbonyl (C=O) groups excluding carboxylic acids is 1. The van der Waals surface area contributed by atoms with Gasteiger partial charge in [0.15, 0.2) is 0 Å². The molecule has 2 bridgehead atoms. The Bertz CT molecular complexity index is 689. The normalized spacial score (nSPS) is 27.8. The van der Waals surface area contributed by atoms with Gasteiger partial charge in [-0.15, -0.1) is 0 Å². The van der Waals surface area contributed by atoms with Gasteiger partial charge in [0.1, 0.15) is 0 Å². The largest absolute Gasteiger partial charge is 0.349 e. The predicted octanol–water partition coefficient (Wildman–Crippen LogP) is 2.01. The third-order valence-corrected chi connectivity index (χ3v) is 6.17. The van der Waals surface area contributed by atoms with Crippen LogP contribution in [0.25, 0.3) is 0 Å². The van der Waals surface area contributed by atoms with Crippen molar-refractivity contribution >= 4 is 31.9 Å². The molecule has 2 aliphatic carbocycles. The fourth-order valence-electron chi connectivity index (χ4n) is 3.52. The molecule has 3 unspecified atom stereocenters. The summed E-state index contributed by atoms with van der Waals surface area (Å²) in [5.41, 5.74) is 0.310. The van der Waals surface area contributed by atoms with Gasteiger partial charge >= 0.3 is 0 Å². The van der Waals surface area contributed by atoms with Gasteiger partial charge in [0.05, 0.1) is 10.5 Å². The van der Waals surface area contributed by atoms with E-state index in [1.165, 1.54) is 37.5 Å². The van der Waals surface area contributed by atoms with E-state index in [1.807, 2.05) is 0 Å². The smallest absolute Gasteiger partial charge is 0.252 e. The molecule has 0 spiro atoms. The summed E-state index contributed by atoms with van der Waals surface area (Å²) >= 11 is 3.29. The fraction of sp³-hybridized carbons (Fsp3) is 0.500. The summed E-state index contributed by atoms with van der Waals surface area (Å²) in [7, 11) is -3.81. The van der Waals surface area contributed by atoms with Crippen LogP contribution in [0.2, 0.25) is 0 Å². The zero-order valence-electron chi connectivity index (χ0n) is 11.4. The maximum Gasteiger partial charge on any atom is 0.252 e. The molecule has 5 nitrogen and oxygen atoms in total. The van der Waals surface area contributed by atoms with E-state index in [1.54, 1.807) is 0 Å². The maximum absolute atomic E-state index is 12.4. The first kappa shape index (κ1) is 15.0. The molecule has 0 aliphatic heterocycles. The fourth-order valence-corrected chi connectivity index (χ4v) is 4.49. The van der Waals surface area contributed by atoms with Crippen LogP contribution in [0.3, 0.4) is 0 Å². The van der Waals surface area contributed by atoms with Crippen LogP contribution in [0.5, 0.6) is 0 Å². The third-order valence-electron chi connectivity index (χ3n) is 4.57. The molecular formula is C14H17BrN2O3S. The van der Waals surface area contributed by atoms with Crippen molar-refractivity contribution in [1.82, 2.24) is 5.32 Å². The van der Waals surface area contributed by atoms with Gasteiger partial charge in [-0.3, -0.25) is 4.79 Å². The highest BCUT2D eigenvalue weighted by molar-refractivity contribution is 9.10. The Morgan fingerprint density at radius 1 is 1.29 bits per heavy atom. The second-order valence-electron chi connectivity index (χ2n) is 5.94. The summed E-state index contributed by atoms with van der Waals surface area (Å²) in [6.45, 7) is 0. The number of amides is 1. The van der Waals surface area contributed by atoms with Crippen molar-refractivity contribution in [1.29, 1.82) is 0 Å². The number of halogens is 1. The number of nitrogens with two attached hydrogens (primary N) is 1. The Morgan fingerprint density at radius 3 is 2.62 bits per heavy atom. The molecule has 3 N–H and O–H groups in total. The first-order valence-corrected chi connectivity index (χ1v) is 9.32. The maximum atomic E-state index is 12.4. The minimum absolute atomic E-state index is 0.0520. The van der Waals surface area contributed by atoms with Crippen molar-refractivity contribution in [2.45, 2.75) is 36.6 Å². The lowest BCUT2D eigenvalue weighted by Gasteiger charge is -2.23. The topological polar surface area (TPSA) is 89.3 Å². The minimum atomic E-state index is -3.81. The van der Waals surface area contributed by atoms with Crippen LogP contribution >= 0.6 is 15.9 Å². The van der Waals surface area contributed by atoms with E-state index in [-0.39, 0.29) is 16.8 Å². The number of sulfonamides is 1. The van der Waals surface area contributed by atoms with Crippen LogP contribution in [0.15, 0.2) is 27.6 Å². The first-order valence-electron chi connectivity index (χ1n) is 6.98. The number of hydrogen-bond donors (Lipinski definition) is 2. The van der Waals surface area contributed by atoms with Crippen LogP contribution in [0, 0.1) is 11.8 Å². The molecule has 2 saturated carbocycles. The number of hydrogen-bond acceptors (Lipinski definition) is 3. The van der Waals surface area contributed by atoms with Gasteiger partial charge in [0.2, 0.25) is 10.0 Å².